The van der Waals surface area contributed by atoms with E-state index in [9.17, 15) is 9.59 Å². The van der Waals surface area contributed by atoms with E-state index in [0.29, 0.717) is 0 Å². The van der Waals surface area contributed by atoms with Gasteiger partial charge in [-0.3, -0.25) is 9.59 Å². The average molecular weight is 219 g/mol. The minimum absolute atomic E-state index is 0.0954. The predicted molar refractivity (Wildman–Crippen MR) is 46.9 cm³/mol. The number of carbonyl (C=O) groups excluding carboxylic acids is 1. The smallest absolute Gasteiger partial charge is 0.319 e. The van der Waals surface area contributed by atoms with Gasteiger partial charge in [-0.05, 0) is 0 Å². The number of aliphatic hydroxyl groups is 2. The molecule has 1 rings (SSSR count). The molecule has 1 heterocycles. The minimum Gasteiger partial charge on any atom is -0.480 e. The SMILES string of the molecule is O=C(O)CN1CC(CO)C(=O)N(CO)N1. The number of hydrazine groups is 2. The van der Waals surface area contributed by atoms with Crippen LogP contribution in [0.5, 0.6) is 0 Å². The molecule has 86 valence electrons. The molecule has 0 aromatic rings. The highest BCUT2D eigenvalue weighted by atomic mass is 16.4. The maximum absolute atomic E-state index is 11.4. The Labute approximate surface area is 85.6 Å². The van der Waals surface area contributed by atoms with Crippen molar-refractivity contribution in [1.82, 2.24) is 15.6 Å². The number of carboxylic acids is 1. The van der Waals surface area contributed by atoms with Crippen LogP contribution in [0.25, 0.3) is 0 Å². The summed E-state index contributed by atoms with van der Waals surface area (Å²) >= 11 is 0. The number of nitrogens with zero attached hydrogens (tertiary/aromatic N) is 2. The van der Waals surface area contributed by atoms with Gasteiger partial charge in [-0.1, -0.05) is 0 Å². The first-order valence-corrected chi connectivity index (χ1v) is 4.34. The fourth-order valence-electron chi connectivity index (χ4n) is 1.33. The van der Waals surface area contributed by atoms with Crippen molar-refractivity contribution < 1.29 is 24.9 Å². The highest BCUT2D eigenvalue weighted by Gasteiger charge is 2.32. The number of aliphatic hydroxyl groups excluding tert-OH is 2. The zero-order valence-electron chi connectivity index (χ0n) is 7.96. The second-order valence-corrected chi connectivity index (χ2v) is 3.16. The molecule has 15 heavy (non-hydrogen) atoms. The lowest BCUT2D eigenvalue weighted by molar-refractivity contribution is -0.169. The maximum Gasteiger partial charge on any atom is 0.319 e. The number of rotatable bonds is 4. The Hall–Kier alpha value is -1.22. The van der Waals surface area contributed by atoms with Crippen LogP contribution in [-0.4, -0.2) is 63.6 Å². The van der Waals surface area contributed by atoms with Crippen LogP contribution in [0.3, 0.4) is 0 Å². The van der Waals surface area contributed by atoms with Crippen LogP contribution in [0, 0.1) is 5.92 Å². The minimum atomic E-state index is -1.06. The van der Waals surface area contributed by atoms with E-state index < -0.39 is 24.5 Å². The number of nitrogens with one attached hydrogen (secondary N) is 1. The van der Waals surface area contributed by atoms with Crippen LogP contribution in [0.15, 0.2) is 0 Å². The van der Waals surface area contributed by atoms with E-state index in [1.807, 2.05) is 0 Å². The predicted octanol–water partition coefficient (Wildman–Crippen LogP) is -2.81. The van der Waals surface area contributed by atoms with Gasteiger partial charge in [0.05, 0.1) is 12.5 Å². The quantitative estimate of drug-likeness (QED) is 0.403. The molecule has 1 aliphatic rings. The molecule has 0 bridgehead atoms. The van der Waals surface area contributed by atoms with E-state index in [-0.39, 0.29) is 19.7 Å². The van der Waals surface area contributed by atoms with Crippen molar-refractivity contribution in [3.8, 4) is 0 Å². The van der Waals surface area contributed by atoms with Crippen molar-refractivity contribution in [2.75, 3.05) is 26.4 Å². The molecule has 1 amide bonds. The standard InChI is InChI=1S/C7H13N3O5/c11-3-5-1-9(2-6(13)14)8-10(4-12)7(5)15/h5,8,11-12H,1-4H2,(H,13,14). The van der Waals surface area contributed by atoms with Gasteiger partial charge in [-0.2, -0.15) is 5.53 Å². The first kappa shape index (κ1) is 11.9. The third kappa shape index (κ3) is 2.86. The van der Waals surface area contributed by atoms with Gasteiger partial charge in [0.2, 0.25) is 5.91 Å². The Bertz CT molecular complexity index is 243. The van der Waals surface area contributed by atoms with Gasteiger partial charge >= 0.3 is 5.97 Å². The van der Waals surface area contributed by atoms with Gasteiger partial charge in [-0.15, -0.1) is 0 Å². The largest absolute Gasteiger partial charge is 0.480 e. The maximum atomic E-state index is 11.4. The molecule has 0 aliphatic carbocycles. The van der Waals surface area contributed by atoms with E-state index >= 15 is 0 Å². The first-order valence-electron chi connectivity index (χ1n) is 4.34. The third-order valence-electron chi connectivity index (χ3n) is 2.01. The van der Waals surface area contributed by atoms with Crippen LogP contribution in [0.2, 0.25) is 0 Å². The van der Waals surface area contributed by atoms with Crippen molar-refractivity contribution in [2.24, 2.45) is 5.92 Å². The molecule has 4 N–H and O–H groups in total. The fourth-order valence-corrected chi connectivity index (χ4v) is 1.33. The summed E-state index contributed by atoms with van der Waals surface area (Å²) in [6.07, 6.45) is 0. The summed E-state index contributed by atoms with van der Waals surface area (Å²) in [5, 5.41) is 28.3. The Morgan fingerprint density at radius 2 is 2.20 bits per heavy atom. The van der Waals surface area contributed by atoms with Crippen LogP contribution >= 0.6 is 0 Å². The van der Waals surface area contributed by atoms with Gasteiger partial charge in [-0.25, -0.2) is 10.0 Å². The Kier molecular flexibility index (Phi) is 3.97. The Morgan fingerprint density at radius 1 is 1.53 bits per heavy atom. The number of carbonyl (C=O) groups is 2. The molecule has 0 aromatic heterocycles. The summed E-state index contributed by atoms with van der Waals surface area (Å²) < 4.78 is 0. The molecule has 1 saturated heterocycles. The summed E-state index contributed by atoms with van der Waals surface area (Å²) in [6.45, 7) is -1.18. The fraction of sp³-hybridized carbons (Fsp3) is 0.714. The molecule has 1 unspecified atom stereocenters. The van der Waals surface area contributed by atoms with Crippen LogP contribution < -0.4 is 5.53 Å². The highest BCUT2D eigenvalue weighted by Crippen LogP contribution is 2.08. The summed E-state index contributed by atoms with van der Waals surface area (Å²) in [7, 11) is 0. The number of carboxylic acid groups (broad SMARTS) is 1. The monoisotopic (exact) mass is 219 g/mol. The van der Waals surface area contributed by atoms with Crippen LogP contribution in [0.1, 0.15) is 0 Å². The van der Waals surface area contributed by atoms with Crippen molar-refractivity contribution >= 4 is 11.9 Å². The van der Waals surface area contributed by atoms with Crippen molar-refractivity contribution in [1.29, 1.82) is 0 Å². The van der Waals surface area contributed by atoms with E-state index in [2.05, 4.69) is 5.53 Å². The molecule has 0 radical (unpaired) electrons. The van der Waals surface area contributed by atoms with Gasteiger partial charge < -0.3 is 15.3 Å². The summed E-state index contributed by atoms with van der Waals surface area (Å²) in [5.74, 6) is -2.23. The molecule has 0 spiro atoms. The molecule has 0 saturated carbocycles. The lowest BCUT2D eigenvalue weighted by Gasteiger charge is -2.37. The lowest BCUT2D eigenvalue weighted by atomic mass is 10.1. The van der Waals surface area contributed by atoms with Crippen LogP contribution in [0.4, 0.5) is 0 Å². The number of hydrogen-bond donors (Lipinski definition) is 4. The zero-order valence-corrected chi connectivity index (χ0v) is 7.96. The molecular formula is C7H13N3O5. The zero-order chi connectivity index (χ0) is 11.4. The van der Waals surface area contributed by atoms with Crippen molar-refractivity contribution in [3.05, 3.63) is 0 Å². The van der Waals surface area contributed by atoms with Gasteiger partial charge in [0.25, 0.3) is 0 Å². The molecule has 0 aromatic carbocycles. The highest BCUT2D eigenvalue weighted by molar-refractivity contribution is 5.79. The molecule has 1 fully saturated rings. The second-order valence-electron chi connectivity index (χ2n) is 3.16. The molecule has 8 heteroatoms. The second kappa shape index (κ2) is 5.03. The summed E-state index contributed by atoms with van der Waals surface area (Å²) in [4.78, 5) is 21.8. The summed E-state index contributed by atoms with van der Waals surface area (Å²) in [5.41, 5.74) is 2.42. The van der Waals surface area contributed by atoms with Gasteiger partial charge in [0.15, 0.2) is 0 Å². The molecule has 8 nitrogen and oxygen atoms in total. The van der Waals surface area contributed by atoms with E-state index in [0.717, 1.165) is 5.01 Å². The third-order valence-corrected chi connectivity index (χ3v) is 2.01. The molecule has 1 aliphatic heterocycles. The Morgan fingerprint density at radius 3 is 2.67 bits per heavy atom. The number of aliphatic carboxylic acids is 1. The van der Waals surface area contributed by atoms with E-state index in [1.54, 1.807) is 0 Å². The van der Waals surface area contributed by atoms with E-state index in [4.69, 9.17) is 15.3 Å². The van der Waals surface area contributed by atoms with Crippen LogP contribution in [-0.2, 0) is 9.59 Å². The molecule has 1 atom stereocenters. The van der Waals surface area contributed by atoms with Crippen molar-refractivity contribution in [2.45, 2.75) is 0 Å². The topological polar surface area (TPSA) is 113 Å². The van der Waals surface area contributed by atoms with Gasteiger partial charge in [0, 0.05) is 6.54 Å². The van der Waals surface area contributed by atoms with Gasteiger partial charge in [0.1, 0.15) is 13.3 Å². The molecular weight excluding hydrogens is 206 g/mol. The normalized spacial score (nSPS) is 23.2. The summed E-state index contributed by atoms with van der Waals surface area (Å²) in [6, 6.07) is 0. The average Bonchev–Trinajstić information content (AvgIpc) is 2.19. The Balaban J connectivity index is 2.64. The van der Waals surface area contributed by atoms with E-state index in [1.165, 1.54) is 5.01 Å². The lowest BCUT2D eigenvalue weighted by Crippen LogP contribution is -2.63. The number of hydrogen-bond acceptors (Lipinski definition) is 6. The first-order chi connectivity index (χ1) is 7.08. The van der Waals surface area contributed by atoms with Crippen molar-refractivity contribution in [3.63, 3.8) is 0 Å². The number of amides is 1.